The molecule has 6 heteroatoms. The van der Waals surface area contributed by atoms with Crippen molar-refractivity contribution in [2.75, 3.05) is 19.8 Å². The molecule has 0 aromatic heterocycles. The lowest BCUT2D eigenvalue weighted by Crippen LogP contribution is -2.50. The topological polar surface area (TPSA) is 111 Å². The van der Waals surface area contributed by atoms with Gasteiger partial charge >= 0.3 is 0 Å². The number of nitrogens with one attached hydrogen (secondary N) is 1. The van der Waals surface area contributed by atoms with E-state index in [0.717, 1.165) is 12.8 Å². The third-order valence-electron chi connectivity index (χ3n) is 2.84. The molecule has 1 saturated heterocycles. The lowest BCUT2D eigenvalue weighted by molar-refractivity contribution is -0.125. The lowest BCUT2D eigenvalue weighted by Gasteiger charge is -2.27. The molecular formula is C11H23N3O3. The summed E-state index contributed by atoms with van der Waals surface area (Å²) in [5, 5.41) is 12.2. The Morgan fingerprint density at radius 3 is 2.88 bits per heavy atom. The Labute approximate surface area is 102 Å². The van der Waals surface area contributed by atoms with Gasteiger partial charge in [0.15, 0.2) is 0 Å². The number of aliphatic hydroxyl groups is 1. The van der Waals surface area contributed by atoms with Crippen molar-refractivity contribution in [1.29, 1.82) is 0 Å². The molecule has 6 nitrogen and oxygen atoms in total. The minimum absolute atomic E-state index is 0.133. The number of ether oxygens (including phenoxy) is 1. The van der Waals surface area contributed by atoms with Crippen molar-refractivity contribution in [3.8, 4) is 0 Å². The third kappa shape index (κ3) is 5.45. The Morgan fingerprint density at radius 1 is 1.47 bits per heavy atom. The van der Waals surface area contributed by atoms with Gasteiger partial charge in [0.05, 0.1) is 31.4 Å². The van der Waals surface area contributed by atoms with E-state index in [1.54, 1.807) is 0 Å². The van der Waals surface area contributed by atoms with E-state index in [-0.39, 0.29) is 11.9 Å². The molecule has 0 aromatic rings. The van der Waals surface area contributed by atoms with E-state index in [9.17, 15) is 9.90 Å². The van der Waals surface area contributed by atoms with Crippen molar-refractivity contribution in [1.82, 2.24) is 5.32 Å². The largest absolute Gasteiger partial charge is 0.391 e. The number of carbonyl (C=O) groups excluding carboxylic acids is 1. The van der Waals surface area contributed by atoms with Crippen LogP contribution < -0.4 is 16.8 Å². The molecule has 1 aliphatic rings. The molecule has 0 saturated carbocycles. The first kappa shape index (κ1) is 14.4. The number of carbonyl (C=O) groups is 1. The van der Waals surface area contributed by atoms with E-state index < -0.39 is 12.1 Å². The van der Waals surface area contributed by atoms with Crippen LogP contribution in [0.2, 0.25) is 0 Å². The monoisotopic (exact) mass is 245 g/mol. The number of hydrogen-bond donors (Lipinski definition) is 4. The predicted octanol–water partition coefficient (Wildman–Crippen LogP) is -1.29. The molecule has 100 valence electrons. The van der Waals surface area contributed by atoms with E-state index >= 15 is 0 Å². The van der Waals surface area contributed by atoms with E-state index in [1.807, 2.05) is 0 Å². The maximum absolute atomic E-state index is 11.7. The van der Waals surface area contributed by atoms with Crippen molar-refractivity contribution in [2.45, 2.75) is 43.9 Å². The molecular weight excluding hydrogens is 222 g/mol. The number of hydrogen-bond acceptors (Lipinski definition) is 5. The van der Waals surface area contributed by atoms with Gasteiger partial charge < -0.3 is 26.6 Å². The summed E-state index contributed by atoms with van der Waals surface area (Å²) < 4.78 is 5.15. The van der Waals surface area contributed by atoms with E-state index in [2.05, 4.69) is 5.32 Å². The van der Waals surface area contributed by atoms with Crippen LogP contribution in [0.25, 0.3) is 0 Å². The SMILES string of the molecule is NCCCCC(N)C(=O)NC1COCC(O)C1. The number of amides is 1. The fourth-order valence-corrected chi connectivity index (χ4v) is 1.86. The molecule has 1 amide bonds. The van der Waals surface area contributed by atoms with E-state index in [1.165, 1.54) is 0 Å². The highest BCUT2D eigenvalue weighted by Gasteiger charge is 2.24. The smallest absolute Gasteiger partial charge is 0.237 e. The first-order valence-corrected chi connectivity index (χ1v) is 6.15. The van der Waals surface area contributed by atoms with Gasteiger partial charge in [0.25, 0.3) is 0 Å². The van der Waals surface area contributed by atoms with Crippen LogP contribution in [0.3, 0.4) is 0 Å². The molecule has 1 heterocycles. The summed E-state index contributed by atoms with van der Waals surface area (Å²) >= 11 is 0. The summed E-state index contributed by atoms with van der Waals surface area (Å²) in [6, 6.07) is -0.632. The van der Waals surface area contributed by atoms with Gasteiger partial charge in [-0.25, -0.2) is 0 Å². The van der Waals surface area contributed by atoms with Crippen LogP contribution >= 0.6 is 0 Å². The summed E-state index contributed by atoms with van der Waals surface area (Å²) in [7, 11) is 0. The standard InChI is InChI=1S/C11H23N3O3/c12-4-2-1-3-10(13)11(16)14-8-5-9(15)7-17-6-8/h8-10,15H,1-7,12-13H2,(H,14,16). The molecule has 1 fully saturated rings. The quantitative estimate of drug-likeness (QED) is 0.435. The minimum Gasteiger partial charge on any atom is -0.391 e. The molecule has 0 aromatic carbocycles. The van der Waals surface area contributed by atoms with Gasteiger partial charge in [-0.05, 0) is 25.8 Å². The first-order valence-electron chi connectivity index (χ1n) is 6.15. The van der Waals surface area contributed by atoms with Gasteiger partial charge in [0.1, 0.15) is 0 Å². The zero-order valence-electron chi connectivity index (χ0n) is 10.1. The van der Waals surface area contributed by atoms with Gasteiger partial charge in [-0.2, -0.15) is 0 Å². The maximum atomic E-state index is 11.7. The van der Waals surface area contributed by atoms with E-state index in [0.29, 0.717) is 32.6 Å². The highest BCUT2D eigenvalue weighted by atomic mass is 16.5. The van der Waals surface area contributed by atoms with Gasteiger partial charge in [0, 0.05) is 0 Å². The average Bonchev–Trinajstić information content (AvgIpc) is 2.29. The average molecular weight is 245 g/mol. The summed E-state index contributed by atoms with van der Waals surface area (Å²) in [5.74, 6) is -0.176. The van der Waals surface area contributed by atoms with Crippen molar-refractivity contribution >= 4 is 5.91 Å². The zero-order valence-corrected chi connectivity index (χ0v) is 10.1. The Kier molecular flexibility index (Phi) is 6.43. The summed E-state index contributed by atoms with van der Waals surface area (Å²) in [5.41, 5.74) is 11.1. The lowest BCUT2D eigenvalue weighted by atomic mass is 10.1. The molecule has 1 rings (SSSR count). The number of aliphatic hydroxyl groups excluding tert-OH is 1. The maximum Gasteiger partial charge on any atom is 0.237 e. The summed E-state index contributed by atoms with van der Waals surface area (Å²) in [6.45, 7) is 1.41. The van der Waals surface area contributed by atoms with Gasteiger partial charge in [-0.3, -0.25) is 4.79 Å². The molecule has 0 spiro atoms. The molecule has 17 heavy (non-hydrogen) atoms. The Balaban J connectivity index is 2.22. The molecule has 0 aliphatic carbocycles. The van der Waals surface area contributed by atoms with Gasteiger partial charge in [-0.15, -0.1) is 0 Å². The highest BCUT2D eigenvalue weighted by Crippen LogP contribution is 2.07. The second-order valence-electron chi connectivity index (χ2n) is 4.52. The van der Waals surface area contributed by atoms with Crippen LogP contribution in [-0.2, 0) is 9.53 Å². The minimum atomic E-state index is -0.499. The van der Waals surface area contributed by atoms with Gasteiger partial charge in [0.2, 0.25) is 5.91 Å². The second kappa shape index (κ2) is 7.60. The fraction of sp³-hybridized carbons (Fsp3) is 0.909. The van der Waals surface area contributed by atoms with Gasteiger partial charge in [-0.1, -0.05) is 6.42 Å². The van der Waals surface area contributed by atoms with Crippen LogP contribution in [0, 0.1) is 0 Å². The Bertz CT molecular complexity index is 238. The first-order chi connectivity index (χ1) is 8.13. The fourth-order valence-electron chi connectivity index (χ4n) is 1.86. The molecule has 0 bridgehead atoms. The Morgan fingerprint density at radius 2 is 2.24 bits per heavy atom. The number of nitrogens with two attached hydrogens (primary N) is 2. The molecule has 1 aliphatic heterocycles. The summed E-state index contributed by atoms with van der Waals surface area (Å²) in [4.78, 5) is 11.7. The zero-order chi connectivity index (χ0) is 12.7. The van der Waals surface area contributed by atoms with Crippen LogP contribution in [-0.4, -0.2) is 49.0 Å². The van der Waals surface area contributed by atoms with E-state index in [4.69, 9.17) is 16.2 Å². The van der Waals surface area contributed by atoms with Crippen LogP contribution in [0.5, 0.6) is 0 Å². The molecule has 3 unspecified atom stereocenters. The Hall–Kier alpha value is -0.690. The van der Waals surface area contributed by atoms with Crippen molar-refractivity contribution < 1.29 is 14.6 Å². The molecule has 6 N–H and O–H groups in total. The normalized spacial score (nSPS) is 26.5. The van der Waals surface area contributed by atoms with Crippen molar-refractivity contribution in [2.24, 2.45) is 11.5 Å². The molecule has 0 radical (unpaired) electrons. The third-order valence-corrected chi connectivity index (χ3v) is 2.84. The number of rotatable bonds is 6. The van der Waals surface area contributed by atoms with Crippen molar-refractivity contribution in [3.05, 3.63) is 0 Å². The highest BCUT2D eigenvalue weighted by molar-refractivity contribution is 5.81. The summed E-state index contributed by atoms with van der Waals surface area (Å²) in [6.07, 6.45) is 2.41. The van der Waals surface area contributed by atoms with Crippen molar-refractivity contribution in [3.63, 3.8) is 0 Å². The number of unbranched alkanes of at least 4 members (excludes halogenated alkanes) is 1. The van der Waals surface area contributed by atoms with Crippen LogP contribution in [0.1, 0.15) is 25.7 Å². The predicted molar refractivity (Wildman–Crippen MR) is 64.3 cm³/mol. The van der Waals surface area contributed by atoms with Crippen LogP contribution in [0.15, 0.2) is 0 Å². The van der Waals surface area contributed by atoms with Crippen LogP contribution in [0.4, 0.5) is 0 Å². The molecule has 3 atom stereocenters. The second-order valence-corrected chi connectivity index (χ2v) is 4.52.